The van der Waals surface area contributed by atoms with Crippen molar-refractivity contribution in [1.82, 2.24) is 5.32 Å². The Kier molecular flexibility index (Phi) is 3.04. The molecule has 0 radical (unpaired) electrons. The van der Waals surface area contributed by atoms with Crippen LogP contribution >= 0.6 is 0 Å². The summed E-state index contributed by atoms with van der Waals surface area (Å²) in [6, 6.07) is 8.85. The molecule has 2 aliphatic rings. The van der Waals surface area contributed by atoms with Crippen LogP contribution in [0.2, 0.25) is 0 Å². The van der Waals surface area contributed by atoms with E-state index in [4.69, 9.17) is 9.47 Å². The molecule has 0 aliphatic carbocycles. The third kappa shape index (κ3) is 1.73. The predicted octanol–water partition coefficient (Wildman–Crippen LogP) is 2.31. The molecule has 1 saturated heterocycles. The zero-order chi connectivity index (χ0) is 12.6. The highest BCUT2D eigenvalue weighted by atomic mass is 16.5. The maximum atomic E-state index is 6.26. The topological polar surface area (TPSA) is 30.5 Å². The molecule has 1 aromatic carbocycles. The number of benzene rings is 1. The first-order chi connectivity index (χ1) is 8.76. The molecule has 1 fully saturated rings. The monoisotopic (exact) mass is 247 g/mol. The Bertz CT molecular complexity index is 434. The molecule has 0 aromatic heterocycles. The van der Waals surface area contributed by atoms with Gasteiger partial charge in [-0.15, -0.1) is 0 Å². The SMILES string of the molecule is CNC1CCOC2(C1)c1ccccc1OCC2C. The van der Waals surface area contributed by atoms with Crippen LogP contribution in [0.3, 0.4) is 0 Å². The lowest BCUT2D eigenvalue weighted by Crippen LogP contribution is -2.51. The number of fused-ring (bicyclic) bond motifs is 2. The quantitative estimate of drug-likeness (QED) is 0.826. The van der Waals surface area contributed by atoms with E-state index < -0.39 is 0 Å². The molecular weight excluding hydrogens is 226 g/mol. The molecule has 0 bridgehead atoms. The van der Waals surface area contributed by atoms with Crippen LogP contribution in [0.5, 0.6) is 5.75 Å². The molecule has 18 heavy (non-hydrogen) atoms. The fraction of sp³-hybridized carbons (Fsp3) is 0.600. The van der Waals surface area contributed by atoms with Gasteiger partial charge in [0, 0.05) is 24.1 Å². The summed E-state index contributed by atoms with van der Waals surface area (Å²) < 4.78 is 12.1. The predicted molar refractivity (Wildman–Crippen MR) is 70.8 cm³/mol. The van der Waals surface area contributed by atoms with Gasteiger partial charge in [0.05, 0.1) is 6.61 Å². The van der Waals surface area contributed by atoms with Gasteiger partial charge in [-0.05, 0) is 26.0 Å². The highest BCUT2D eigenvalue weighted by Crippen LogP contribution is 2.47. The largest absolute Gasteiger partial charge is 0.493 e. The van der Waals surface area contributed by atoms with E-state index in [1.165, 1.54) is 5.56 Å². The lowest BCUT2D eigenvalue weighted by atomic mass is 9.74. The summed E-state index contributed by atoms with van der Waals surface area (Å²) in [7, 11) is 2.04. The average molecular weight is 247 g/mol. The van der Waals surface area contributed by atoms with E-state index in [9.17, 15) is 0 Å². The van der Waals surface area contributed by atoms with Crippen LogP contribution < -0.4 is 10.1 Å². The van der Waals surface area contributed by atoms with Crippen molar-refractivity contribution in [1.29, 1.82) is 0 Å². The summed E-state index contributed by atoms with van der Waals surface area (Å²) in [6.45, 7) is 3.80. The summed E-state index contributed by atoms with van der Waals surface area (Å²) in [5.41, 5.74) is 1.06. The molecule has 1 N–H and O–H groups in total. The van der Waals surface area contributed by atoms with Crippen LogP contribution in [0.25, 0.3) is 0 Å². The molecule has 98 valence electrons. The number of nitrogens with one attached hydrogen (secondary N) is 1. The molecule has 3 atom stereocenters. The molecule has 3 nitrogen and oxygen atoms in total. The number of ether oxygens (including phenoxy) is 2. The molecular formula is C15H21NO2. The normalized spacial score (nSPS) is 35.0. The van der Waals surface area contributed by atoms with Crippen LogP contribution in [-0.4, -0.2) is 26.3 Å². The number of hydrogen-bond donors (Lipinski definition) is 1. The number of para-hydroxylation sites is 1. The lowest BCUT2D eigenvalue weighted by molar-refractivity contribution is -0.144. The number of rotatable bonds is 1. The first-order valence-corrected chi connectivity index (χ1v) is 6.80. The van der Waals surface area contributed by atoms with Crippen molar-refractivity contribution in [3.8, 4) is 5.75 Å². The van der Waals surface area contributed by atoms with Crippen LogP contribution in [0.15, 0.2) is 24.3 Å². The second kappa shape index (κ2) is 4.56. The highest BCUT2D eigenvalue weighted by Gasteiger charge is 2.47. The molecule has 3 rings (SSSR count). The van der Waals surface area contributed by atoms with Gasteiger partial charge < -0.3 is 14.8 Å². The number of hydrogen-bond acceptors (Lipinski definition) is 3. The van der Waals surface area contributed by atoms with E-state index >= 15 is 0 Å². The Hall–Kier alpha value is -1.06. The van der Waals surface area contributed by atoms with E-state index in [0.717, 1.165) is 31.8 Å². The van der Waals surface area contributed by atoms with Crippen LogP contribution in [0.4, 0.5) is 0 Å². The van der Waals surface area contributed by atoms with Gasteiger partial charge in [0.2, 0.25) is 0 Å². The molecule has 2 heterocycles. The minimum absolute atomic E-state index is 0.166. The van der Waals surface area contributed by atoms with Crippen molar-refractivity contribution < 1.29 is 9.47 Å². The molecule has 0 saturated carbocycles. The summed E-state index contributed by atoms with van der Waals surface area (Å²) in [5.74, 6) is 1.39. The van der Waals surface area contributed by atoms with Crippen molar-refractivity contribution in [2.45, 2.75) is 31.4 Å². The van der Waals surface area contributed by atoms with Crippen molar-refractivity contribution in [2.75, 3.05) is 20.3 Å². The van der Waals surface area contributed by atoms with Gasteiger partial charge in [-0.3, -0.25) is 0 Å². The van der Waals surface area contributed by atoms with Gasteiger partial charge in [-0.25, -0.2) is 0 Å². The van der Waals surface area contributed by atoms with E-state index in [2.05, 4.69) is 30.4 Å². The first-order valence-electron chi connectivity index (χ1n) is 6.80. The fourth-order valence-corrected chi connectivity index (χ4v) is 3.24. The Morgan fingerprint density at radius 3 is 3.00 bits per heavy atom. The molecule has 1 aromatic rings. The highest BCUT2D eigenvalue weighted by molar-refractivity contribution is 5.41. The summed E-state index contributed by atoms with van der Waals surface area (Å²) >= 11 is 0. The van der Waals surface area contributed by atoms with Gasteiger partial charge >= 0.3 is 0 Å². The average Bonchev–Trinajstić information content (AvgIpc) is 2.44. The Labute approximate surface area is 108 Å². The third-order valence-electron chi connectivity index (χ3n) is 4.41. The Morgan fingerprint density at radius 1 is 1.33 bits per heavy atom. The second-order valence-corrected chi connectivity index (χ2v) is 5.42. The van der Waals surface area contributed by atoms with Gasteiger partial charge in [-0.1, -0.05) is 25.1 Å². The minimum atomic E-state index is -0.166. The van der Waals surface area contributed by atoms with Gasteiger partial charge in [0.1, 0.15) is 11.4 Å². The molecule has 3 unspecified atom stereocenters. The first kappa shape index (κ1) is 12.0. The zero-order valence-corrected chi connectivity index (χ0v) is 11.1. The minimum Gasteiger partial charge on any atom is -0.493 e. The maximum absolute atomic E-state index is 6.26. The zero-order valence-electron chi connectivity index (χ0n) is 11.1. The molecule has 1 spiro atoms. The third-order valence-corrected chi connectivity index (χ3v) is 4.41. The van der Waals surface area contributed by atoms with Gasteiger partial charge in [0.25, 0.3) is 0 Å². The van der Waals surface area contributed by atoms with Crippen LogP contribution in [0, 0.1) is 5.92 Å². The summed E-state index contributed by atoms with van der Waals surface area (Å²) in [6.07, 6.45) is 2.12. The Morgan fingerprint density at radius 2 is 2.17 bits per heavy atom. The van der Waals surface area contributed by atoms with Crippen molar-refractivity contribution in [3.05, 3.63) is 29.8 Å². The van der Waals surface area contributed by atoms with Crippen LogP contribution in [0.1, 0.15) is 25.3 Å². The Balaban J connectivity index is 2.03. The van der Waals surface area contributed by atoms with Crippen molar-refractivity contribution >= 4 is 0 Å². The van der Waals surface area contributed by atoms with E-state index in [1.54, 1.807) is 0 Å². The van der Waals surface area contributed by atoms with Crippen molar-refractivity contribution in [3.63, 3.8) is 0 Å². The second-order valence-electron chi connectivity index (χ2n) is 5.42. The summed E-state index contributed by atoms with van der Waals surface area (Å²) in [5, 5.41) is 3.41. The van der Waals surface area contributed by atoms with Gasteiger partial charge in [0.15, 0.2) is 0 Å². The van der Waals surface area contributed by atoms with Gasteiger partial charge in [-0.2, -0.15) is 0 Å². The van der Waals surface area contributed by atoms with E-state index in [-0.39, 0.29) is 5.60 Å². The summed E-state index contributed by atoms with van der Waals surface area (Å²) in [4.78, 5) is 0. The smallest absolute Gasteiger partial charge is 0.125 e. The lowest BCUT2D eigenvalue weighted by Gasteiger charge is -2.48. The maximum Gasteiger partial charge on any atom is 0.125 e. The molecule has 2 aliphatic heterocycles. The molecule has 3 heteroatoms. The molecule has 0 amide bonds. The fourth-order valence-electron chi connectivity index (χ4n) is 3.24. The van der Waals surface area contributed by atoms with Crippen molar-refractivity contribution in [2.24, 2.45) is 5.92 Å². The van der Waals surface area contributed by atoms with E-state index in [0.29, 0.717) is 12.0 Å². The van der Waals surface area contributed by atoms with E-state index in [1.807, 2.05) is 13.1 Å². The van der Waals surface area contributed by atoms with Crippen LogP contribution in [-0.2, 0) is 10.3 Å². The standard InChI is InChI=1S/C15H21NO2/c1-11-10-17-14-6-4-3-5-13(14)15(11)9-12(16-2)7-8-18-15/h3-6,11-12,16H,7-10H2,1-2H3.